The molecule has 0 bridgehead atoms. The van der Waals surface area contributed by atoms with E-state index < -0.39 is 12.2 Å². The Hall–Kier alpha value is -2.15. The van der Waals surface area contributed by atoms with Crippen molar-refractivity contribution < 1.29 is 43.1 Å². The molecule has 0 radical (unpaired) electrons. The first-order chi connectivity index (χ1) is 24.0. The summed E-state index contributed by atoms with van der Waals surface area (Å²) >= 11 is 7.82. The largest absolute Gasteiger partial charge is 0.491 e. The number of carbonyl (C=O) groups is 1. The highest BCUT2D eigenvalue weighted by atomic mass is 35.5. The van der Waals surface area contributed by atoms with E-state index in [1.165, 1.54) is 0 Å². The predicted molar refractivity (Wildman–Crippen MR) is 189 cm³/mol. The minimum absolute atomic E-state index is 0.181. The molecule has 49 heavy (non-hydrogen) atoms. The molecule has 0 aromatic heterocycles. The van der Waals surface area contributed by atoms with Gasteiger partial charge in [-0.1, -0.05) is 29.8 Å². The van der Waals surface area contributed by atoms with Crippen LogP contribution in [0.3, 0.4) is 0 Å². The van der Waals surface area contributed by atoms with Crippen molar-refractivity contribution in [1.29, 1.82) is 0 Å². The summed E-state index contributed by atoms with van der Waals surface area (Å²) in [6.07, 6.45) is 12.4. The van der Waals surface area contributed by atoms with Crippen molar-refractivity contribution in [3.63, 3.8) is 0 Å². The van der Waals surface area contributed by atoms with E-state index in [1.807, 2.05) is 42.7 Å². The van der Waals surface area contributed by atoms with E-state index in [0.29, 0.717) is 55.4 Å². The third-order valence-corrected chi connectivity index (χ3v) is 10.0. The van der Waals surface area contributed by atoms with Gasteiger partial charge < -0.3 is 38.3 Å². The second-order valence-corrected chi connectivity index (χ2v) is 14.1. The molecule has 1 aliphatic carbocycles. The van der Waals surface area contributed by atoms with Gasteiger partial charge in [0, 0.05) is 41.9 Å². The molecule has 7 atom stereocenters. The Balaban J connectivity index is 1.16. The van der Waals surface area contributed by atoms with Gasteiger partial charge in [-0.15, -0.1) is 11.8 Å². The lowest BCUT2D eigenvalue weighted by molar-refractivity contribution is -0.226. The Morgan fingerprint density at radius 2 is 1.78 bits per heavy atom. The van der Waals surface area contributed by atoms with Crippen LogP contribution in [0.25, 0.3) is 0 Å². The number of rotatable bonds is 18. The Morgan fingerprint density at radius 3 is 2.49 bits per heavy atom. The third-order valence-electron chi connectivity index (χ3n) is 9.03. The topological polar surface area (TPSA) is 102 Å². The Morgan fingerprint density at radius 1 is 1.00 bits per heavy atom. The number of carbonyl (C=O) groups excluding carboxylic acids is 1. The zero-order chi connectivity index (χ0) is 34.3. The first kappa shape index (κ1) is 38.1. The van der Waals surface area contributed by atoms with Crippen LogP contribution in [-0.2, 0) is 28.5 Å². The number of esters is 1. The summed E-state index contributed by atoms with van der Waals surface area (Å²) in [7, 11) is 0. The molecule has 2 aromatic rings. The van der Waals surface area contributed by atoms with Crippen LogP contribution in [0.1, 0.15) is 70.6 Å². The van der Waals surface area contributed by atoms with Gasteiger partial charge >= 0.3 is 5.97 Å². The van der Waals surface area contributed by atoms with Crippen LogP contribution in [0.4, 0.5) is 0 Å². The second kappa shape index (κ2) is 20.6. The number of aliphatic hydroxyl groups is 1. The Kier molecular flexibility index (Phi) is 16.0. The van der Waals surface area contributed by atoms with Gasteiger partial charge in [-0.05, 0) is 107 Å². The maximum Gasteiger partial charge on any atom is 0.311 e. The molecule has 2 saturated heterocycles. The van der Waals surface area contributed by atoms with E-state index in [1.54, 1.807) is 23.9 Å². The number of hydrogen-bond acceptors (Lipinski definition) is 10. The van der Waals surface area contributed by atoms with Crippen LogP contribution < -0.4 is 9.47 Å². The molecule has 5 rings (SSSR count). The van der Waals surface area contributed by atoms with Crippen molar-refractivity contribution in [2.45, 2.75) is 113 Å². The lowest BCUT2D eigenvalue weighted by atomic mass is 9.98. The van der Waals surface area contributed by atoms with Crippen LogP contribution in [-0.4, -0.2) is 80.8 Å². The third kappa shape index (κ3) is 12.8. The first-order valence-corrected chi connectivity index (χ1v) is 19.3. The van der Waals surface area contributed by atoms with Gasteiger partial charge in [0.1, 0.15) is 24.2 Å². The average Bonchev–Trinajstić information content (AvgIpc) is 3.41. The van der Waals surface area contributed by atoms with E-state index in [-0.39, 0.29) is 49.9 Å². The molecular formula is C38H51ClO9S. The summed E-state index contributed by atoms with van der Waals surface area (Å²) in [6, 6.07) is 14.8. The van der Waals surface area contributed by atoms with Gasteiger partial charge in [0.2, 0.25) is 0 Å². The summed E-state index contributed by atoms with van der Waals surface area (Å²) in [5, 5.41) is 11.8. The molecule has 3 aliphatic rings. The minimum Gasteiger partial charge on any atom is -0.491 e. The van der Waals surface area contributed by atoms with E-state index in [2.05, 4.69) is 12.2 Å². The van der Waals surface area contributed by atoms with Crippen LogP contribution in [0, 0.1) is 5.92 Å². The lowest BCUT2D eigenvalue weighted by Crippen LogP contribution is -2.40. The summed E-state index contributed by atoms with van der Waals surface area (Å²) in [4.78, 5) is 13.5. The van der Waals surface area contributed by atoms with E-state index in [9.17, 15) is 9.90 Å². The van der Waals surface area contributed by atoms with Crippen LogP contribution in [0.2, 0.25) is 5.02 Å². The number of hydrogen-bond donors (Lipinski definition) is 1. The molecule has 9 nitrogen and oxygen atoms in total. The highest BCUT2D eigenvalue weighted by Gasteiger charge is 2.45. The minimum atomic E-state index is -0.598. The summed E-state index contributed by atoms with van der Waals surface area (Å²) in [5.41, 5.74) is 0. The molecule has 0 amide bonds. The molecule has 1 saturated carbocycles. The smallest absolute Gasteiger partial charge is 0.311 e. The molecule has 0 spiro atoms. The second-order valence-electron chi connectivity index (χ2n) is 12.8. The lowest BCUT2D eigenvalue weighted by Gasteiger charge is -2.32. The highest BCUT2D eigenvalue weighted by Crippen LogP contribution is 2.36. The van der Waals surface area contributed by atoms with Crippen molar-refractivity contribution in [3.8, 4) is 11.5 Å². The monoisotopic (exact) mass is 718 g/mol. The first-order valence-electron chi connectivity index (χ1n) is 17.7. The van der Waals surface area contributed by atoms with Gasteiger partial charge in [0.05, 0.1) is 24.9 Å². The van der Waals surface area contributed by atoms with E-state index >= 15 is 0 Å². The van der Waals surface area contributed by atoms with Crippen molar-refractivity contribution >= 4 is 29.3 Å². The van der Waals surface area contributed by atoms with Gasteiger partial charge in [0.25, 0.3) is 0 Å². The number of allylic oxidation sites excluding steroid dienone is 2. The fraction of sp³-hybridized carbons (Fsp3) is 0.605. The number of halogens is 1. The van der Waals surface area contributed by atoms with Gasteiger partial charge in [-0.3, -0.25) is 4.79 Å². The van der Waals surface area contributed by atoms with E-state index in [0.717, 1.165) is 49.8 Å². The maximum absolute atomic E-state index is 12.3. The maximum atomic E-state index is 12.3. The quantitative estimate of drug-likeness (QED) is 0.0541. The Labute approximate surface area is 299 Å². The predicted octanol–water partition coefficient (Wildman–Crippen LogP) is 7.75. The molecule has 3 fully saturated rings. The summed E-state index contributed by atoms with van der Waals surface area (Å²) in [6.45, 7) is 1.84. The molecular weight excluding hydrogens is 668 g/mol. The van der Waals surface area contributed by atoms with Gasteiger partial charge in [-0.25, -0.2) is 0 Å². The van der Waals surface area contributed by atoms with Gasteiger partial charge in [-0.2, -0.15) is 0 Å². The highest BCUT2D eigenvalue weighted by molar-refractivity contribution is 7.98. The fourth-order valence-corrected chi connectivity index (χ4v) is 6.98. The molecule has 1 N–H and O–H groups in total. The molecule has 2 aliphatic heterocycles. The van der Waals surface area contributed by atoms with Crippen molar-refractivity contribution in [1.82, 2.24) is 0 Å². The number of unbranched alkanes of at least 4 members (excludes halogenated alkanes) is 1. The number of thioether (sulfide) groups is 1. The standard InChI is InChI=1S/C38H51ClO9S/c1-49-31-19-17-28(18-20-31)46-35(41)14-5-3-2-4-13-32-33(40)24-34(48-37-16-7-9-22-43-37)38(32)45-26-30(47-36-15-6-8-21-42-36)25-44-29-12-10-11-27(39)23-29/h2,4,10-12,17-20,23,30,32-34,36-38,40H,3,5-9,13-16,21-22,24-26H2,1H3/t30?,32-,33-,34+,36?,37?,38+/m0/s1. The van der Waals surface area contributed by atoms with Crippen molar-refractivity contribution in [2.75, 3.05) is 32.7 Å². The zero-order valence-electron chi connectivity index (χ0n) is 28.4. The molecule has 270 valence electrons. The normalized spacial score (nSPS) is 26.5. The molecule has 3 unspecified atom stereocenters. The van der Waals surface area contributed by atoms with Gasteiger partial charge in [0.15, 0.2) is 12.6 Å². The number of aliphatic hydroxyl groups excluding tert-OH is 1. The number of ether oxygens (including phenoxy) is 7. The fourth-order valence-electron chi connectivity index (χ4n) is 6.40. The van der Waals surface area contributed by atoms with Crippen molar-refractivity contribution in [2.24, 2.45) is 5.92 Å². The SMILES string of the molecule is CSc1ccc(OC(=O)CCCC=CC[C@@H]2[C@@H](OCC(COc3cccc(Cl)c3)OC3CCCCO3)[C@H](OC3CCCCO3)C[C@@H]2O)cc1. The summed E-state index contributed by atoms with van der Waals surface area (Å²) in [5.74, 6) is 0.785. The van der Waals surface area contributed by atoms with E-state index in [4.69, 9.17) is 44.8 Å². The Bertz CT molecular complexity index is 1280. The zero-order valence-corrected chi connectivity index (χ0v) is 30.0. The number of benzene rings is 2. The molecule has 2 aromatic carbocycles. The molecule has 2 heterocycles. The molecule has 11 heteroatoms. The van der Waals surface area contributed by atoms with Crippen LogP contribution >= 0.6 is 23.4 Å². The average molecular weight is 719 g/mol. The van der Waals surface area contributed by atoms with Crippen LogP contribution in [0.5, 0.6) is 11.5 Å². The summed E-state index contributed by atoms with van der Waals surface area (Å²) < 4.78 is 42.7. The van der Waals surface area contributed by atoms with Crippen molar-refractivity contribution in [3.05, 3.63) is 65.7 Å². The van der Waals surface area contributed by atoms with Crippen LogP contribution in [0.15, 0.2) is 65.6 Å².